The number of rotatable bonds is 50. The molecule has 388 valence electrons. The van der Waals surface area contributed by atoms with E-state index < -0.39 is 6.10 Å². The van der Waals surface area contributed by atoms with Crippen molar-refractivity contribution < 1.29 is 28.6 Å². The van der Waals surface area contributed by atoms with Gasteiger partial charge in [0.25, 0.3) is 0 Å². The Kier molecular flexibility index (Phi) is 52.9. The molecule has 0 aromatic heterocycles. The molecule has 1 atom stereocenters. The summed E-state index contributed by atoms with van der Waals surface area (Å²) in [6, 6.07) is 0. The van der Waals surface area contributed by atoms with Crippen LogP contribution < -0.4 is 0 Å². The minimum atomic E-state index is -0.794. The fourth-order valence-corrected chi connectivity index (χ4v) is 7.54. The fourth-order valence-electron chi connectivity index (χ4n) is 7.54. The second-order valence-electron chi connectivity index (χ2n) is 18.5. The highest BCUT2D eigenvalue weighted by Crippen LogP contribution is 2.14. The van der Waals surface area contributed by atoms with Crippen LogP contribution in [0.4, 0.5) is 0 Å². The first kappa shape index (κ1) is 64.3. The van der Waals surface area contributed by atoms with Crippen molar-refractivity contribution in [2.45, 2.75) is 264 Å². The van der Waals surface area contributed by atoms with Gasteiger partial charge in [-0.05, 0) is 116 Å². The summed E-state index contributed by atoms with van der Waals surface area (Å²) >= 11 is 0. The molecule has 68 heavy (non-hydrogen) atoms. The standard InChI is InChI=1S/C62H104O6/c1-4-7-10-13-16-19-22-25-27-28-29-30-31-32-33-34-35-38-40-43-46-49-52-55-61(64)67-58-59(57-66-60(63)54-51-48-45-42-39-36-24-21-18-15-12-9-6-3)68-62(65)56-53-50-47-44-41-37-26-23-20-17-14-11-8-5-2/h7,10,14,16-17,19,21,23-27,29-30,32-33,59H,4-6,8-9,11-13,15,18,20,22,28,31,34-58H2,1-3H3/b10-7-,17-14-,19-16-,24-21-,26-23-,27-25-,30-29-,33-32-. The van der Waals surface area contributed by atoms with Crippen molar-refractivity contribution in [3.63, 3.8) is 0 Å². The summed E-state index contributed by atoms with van der Waals surface area (Å²) in [6.45, 7) is 6.44. The third-order valence-corrected chi connectivity index (χ3v) is 11.8. The molecule has 0 bridgehead atoms. The molecule has 0 saturated carbocycles. The molecule has 0 heterocycles. The summed E-state index contributed by atoms with van der Waals surface area (Å²) in [6.07, 6.45) is 73.9. The number of carbonyl (C=O) groups excluding carboxylic acids is 3. The number of hydrogen-bond donors (Lipinski definition) is 0. The van der Waals surface area contributed by atoms with Crippen LogP contribution in [0.25, 0.3) is 0 Å². The highest BCUT2D eigenvalue weighted by molar-refractivity contribution is 5.71. The lowest BCUT2D eigenvalue weighted by Gasteiger charge is -2.18. The van der Waals surface area contributed by atoms with Crippen LogP contribution in [-0.2, 0) is 28.6 Å². The summed E-state index contributed by atoms with van der Waals surface area (Å²) in [5.74, 6) is -0.924. The van der Waals surface area contributed by atoms with E-state index in [4.69, 9.17) is 14.2 Å². The molecular weight excluding hydrogens is 841 g/mol. The van der Waals surface area contributed by atoms with E-state index >= 15 is 0 Å². The second kappa shape index (κ2) is 55.9. The zero-order valence-corrected chi connectivity index (χ0v) is 44.3. The zero-order valence-electron chi connectivity index (χ0n) is 44.3. The average Bonchev–Trinajstić information content (AvgIpc) is 3.34. The summed E-state index contributed by atoms with van der Waals surface area (Å²) in [5, 5.41) is 0. The number of allylic oxidation sites excluding steroid dienone is 16. The molecule has 0 amide bonds. The minimum absolute atomic E-state index is 0.0915. The van der Waals surface area contributed by atoms with Crippen molar-refractivity contribution in [3.05, 3.63) is 97.2 Å². The van der Waals surface area contributed by atoms with Crippen LogP contribution in [0.5, 0.6) is 0 Å². The van der Waals surface area contributed by atoms with E-state index in [-0.39, 0.29) is 31.1 Å². The molecule has 0 aromatic rings. The van der Waals surface area contributed by atoms with Crippen LogP contribution in [0, 0.1) is 0 Å². The molecule has 0 aromatic carbocycles. The van der Waals surface area contributed by atoms with Crippen LogP contribution in [0.3, 0.4) is 0 Å². The summed E-state index contributed by atoms with van der Waals surface area (Å²) in [7, 11) is 0. The Bertz CT molecular complexity index is 1360. The SMILES string of the molecule is CC/C=C\C/C=C\C/C=C\C/C=C\C/C=C\CCCCCCCCCC(=O)OCC(COC(=O)CCCCCCC/C=C\CCCCCC)OC(=O)CCCCCCC/C=C\C/C=C\CCCC. The van der Waals surface area contributed by atoms with Crippen LogP contribution in [0.1, 0.15) is 258 Å². The monoisotopic (exact) mass is 945 g/mol. The van der Waals surface area contributed by atoms with E-state index in [9.17, 15) is 14.4 Å². The van der Waals surface area contributed by atoms with Crippen molar-refractivity contribution in [2.75, 3.05) is 13.2 Å². The van der Waals surface area contributed by atoms with Gasteiger partial charge in [-0.3, -0.25) is 14.4 Å². The summed E-state index contributed by atoms with van der Waals surface area (Å²) in [5.41, 5.74) is 0. The van der Waals surface area contributed by atoms with Gasteiger partial charge in [-0.15, -0.1) is 0 Å². The van der Waals surface area contributed by atoms with Gasteiger partial charge in [0.1, 0.15) is 13.2 Å². The molecule has 0 fully saturated rings. The van der Waals surface area contributed by atoms with E-state index in [1.807, 2.05) is 0 Å². The molecule has 0 aliphatic rings. The molecule has 0 aliphatic heterocycles. The van der Waals surface area contributed by atoms with Crippen molar-refractivity contribution in [2.24, 2.45) is 0 Å². The maximum atomic E-state index is 12.8. The Morgan fingerprint density at radius 1 is 0.309 bits per heavy atom. The van der Waals surface area contributed by atoms with Gasteiger partial charge in [-0.25, -0.2) is 0 Å². The highest BCUT2D eigenvalue weighted by atomic mass is 16.6. The first-order valence-corrected chi connectivity index (χ1v) is 28.2. The normalized spacial score (nSPS) is 12.8. The minimum Gasteiger partial charge on any atom is -0.462 e. The number of esters is 3. The van der Waals surface area contributed by atoms with Crippen molar-refractivity contribution >= 4 is 17.9 Å². The Morgan fingerprint density at radius 3 is 0.956 bits per heavy atom. The van der Waals surface area contributed by atoms with Crippen molar-refractivity contribution in [1.29, 1.82) is 0 Å². The molecular formula is C62H104O6. The molecule has 6 heteroatoms. The van der Waals surface area contributed by atoms with Crippen LogP contribution in [0.15, 0.2) is 97.2 Å². The molecule has 0 rings (SSSR count). The number of hydrogen-bond acceptors (Lipinski definition) is 6. The third kappa shape index (κ3) is 53.3. The zero-order chi connectivity index (χ0) is 49.3. The Morgan fingerprint density at radius 2 is 0.588 bits per heavy atom. The lowest BCUT2D eigenvalue weighted by Crippen LogP contribution is -2.30. The van der Waals surface area contributed by atoms with Gasteiger partial charge in [0.15, 0.2) is 6.10 Å². The van der Waals surface area contributed by atoms with E-state index in [0.29, 0.717) is 19.3 Å². The van der Waals surface area contributed by atoms with Crippen LogP contribution >= 0.6 is 0 Å². The second-order valence-corrected chi connectivity index (χ2v) is 18.5. The quantitative estimate of drug-likeness (QED) is 0.0262. The largest absolute Gasteiger partial charge is 0.462 e. The summed E-state index contributed by atoms with van der Waals surface area (Å²) in [4.78, 5) is 38.1. The van der Waals surface area contributed by atoms with Gasteiger partial charge >= 0.3 is 17.9 Å². The number of ether oxygens (including phenoxy) is 3. The lowest BCUT2D eigenvalue weighted by molar-refractivity contribution is -0.167. The number of carbonyl (C=O) groups is 3. The predicted molar refractivity (Wildman–Crippen MR) is 293 cm³/mol. The Labute approximate surface area is 419 Å². The average molecular weight is 946 g/mol. The maximum absolute atomic E-state index is 12.8. The van der Waals surface area contributed by atoms with E-state index in [1.165, 1.54) is 89.9 Å². The third-order valence-electron chi connectivity index (χ3n) is 11.8. The summed E-state index contributed by atoms with van der Waals surface area (Å²) < 4.78 is 16.8. The van der Waals surface area contributed by atoms with E-state index in [1.54, 1.807) is 0 Å². The van der Waals surface area contributed by atoms with E-state index in [2.05, 4.69) is 118 Å². The lowest BCUT2D eigenvalue weighted by atomic mass is 10.1. The van der Waals surface area contributed by atoms with E-state index in [0.717, 1.165) is 128 Å². The smallest absolute Gasteiger partial charge is 0.306 e. The molecule has 6 nitrogen and oxygen atoms in total. The molecule has 0 spiro atoms. The van der Waals surface area contributed by atoms with Gasteiger partial charge in [0.05, 0.1) is 0 Å². The van der Waals surface area contributed by atoms with Crippen molar-refractivity contribution in [1.82, 2.24) is 0 Å². The Balaban J connectivity index is 4.38. The predicted octanol–water partition coefficient (Wildman–Crippen LogP) is 18.9. The van der Waals surface area contributed by atoms with Crippen LogP contribution in [0.2, 0.25) is 0 Å². The molecule has 1 unspecified atom stereocenters. The van der Waals surface area contributed by atoms with Crippen LogP contribution in [-0.4, -0.2) is 37.2 Å². The first-order chi connectivity index (χ1) is 33.5. The first-order valence-electron chi connectivity index (χ1n) is 28.2. The van der Waals surface area contributed by atoms with Gasteiger partial charge in [0, 0.05) is 19.3 Å². The highest BCUT2D eigenvalue weighted by Gasteiger charge is 2.19. The maximum Gasteiger partial charge on any atom is 0.306 e. The fraction of sp³-hybridized carbons (Fsp3) is 0.694. The Hall–Kier alpha value is -3.67. The van der Waals surface area contributed by atoms with Gasteiger partial charge < -0.3 is 14.2 Å². The molecule has 0 N–H and O–H groups in total. The number of unbranched alkanes of at least 4 members (excludes halogenated alkanes) is 23. The van der Waals surface area contributed by atoms with Gasteiger partial charge in [-0.1, -0.05) is 221 Å². The molecule has 0 saturated heterocycles. The molecule has 0 radical (unpaired) electrons. The molecule has 0 aliphatic carbocycles. The van der Waals surface area contributed by atoms with Gasteiger partial charge in [-0.2, -0.15) is 0 Å². The van der Waals surface area contributed by atoms with Crippen molar-refractivity contribution in [3.8, 4) is 0 Å². The van der Waals surface area contributed by atoms with Gasteiger partial charge in [0.2, 0.25) is 0 Å². The topological polar surface area (TPSA) is 78.9 Å².